The van der Waals surface area contributed by atoms with Gasteiger partial charge in [-0.2, -0.15) is 0 Å². The van der Waals surface area contributed by atoms with E-state index in [2.05, 4.69) is 139 Å². The molecule has 4 heteroatoms. The van der Waals surface area contributed by atoms with Crippen LogP contribution in [-0.2, 0) is 10.8 Å². The van der Waals surface area contributed by atoms with E-state index in [-0.39, 0.29) is 16.7 Å². The van der Waals surface area contributed by atoms with Crippen molar-refractivity contribution in [3.8, 4) is 39.7 Å². The molecule has 1 N–H and O–H groups in total. The van der Waals surface area contributed by atoms with Gasteiger partial charge in [0.15, 0.2) is 0 Å². The predicted octanol–water partition coefficient (Wildman–Crippen LogP) is 11.2. The SMILES string of the molecule is Cc1c(O)n2c3nc(-c4cc(-c5ccccc5)cc(-c5ccc(C(C)(C)C)cc5)n4)cc4cc(C(C)(C)C)cc(c5cccc1c52)c43. The molecular weight excluding hydrogens is 574 g/mol. The van der Waals surface area contributed by atoms with Crippen molar-refractivity contribution in [1.82, 2.24) is 14.4 Å². The van der Waals surface area contributed by atoms with Crippen LogP contribution in [0.5, 0.6) is 5.88 Å². The van der Waals surface area contributed by atoms with E-state index in [4.69, 9.17) is 9.97 Å². The van der Waals surface area contributed by atoms with E-state index in [0.29, 0.717) is 0 Å². The average molecular weight is 614 g/mol. The van der Waals surface area contributed by atoms with Crippen LogP contribution in [0.3, 0.4) is 0 Å². The van der Waals surface area contributed by atoms with Crippen LogP contribution in [0.25, 0.3) is 71.9 Å². The van der Waals surface area contributed by atoms with Crippen molar-refractivity contribution in [3.05, 3.63) is 120 Å². The average Bonchev–Trinajstić information content (AvgIpc) is 3.32. The first-order valence-electron chi connectivity index (χ1n) is 16.4. The minimum atomic E-state index is -0.0580. The van der Waals surface area contributed by atoms with Gasteiger partial charge in [-0.25, -0.2) is 9.97 Å². The lowest BCUT2D eigenvalue weighted by atomic mass is 9.84. The van der Waals surface area contributed by atoms with Crippen LogP contribution >= 0.6 is 0 Å². The van der Waals surface area contributed by atoms with Crippen LogP contribution in [0.1, 0.15) is 58.2 Å². The second-order valence-electron chi connectivity index (χ2n) is 15.0. The van der Waals surface area contributed by atoms with Crippen LogP contribution in [0.2, 0.25) is 0 Å². The highest BCUT2D eigenvalue weighted by atomic mass is 16.3. The number of aromatic hydroxyl groups is 1. The minimum absolute atomic E-state index is 0.0580. The molecule has 0 aliphatic rings. The Morgan fingerprint density at radius 2 is 1.21 bits per heavy atom. The first-order chi connectivity index (χ1) is 22.4. The number of fused-ring (bicyclic) bond motifs is 2. The second kappa shape index (κ2) is 10.1. The third-order valence-corrected chi connectivity index (χ3v) is 9.73. The third-order valence-electron chi connectivity index (χ3n) is 9.73. The van der Waals surface area contributed by atoms with Gasteiger partial charge in [0, 0.05) is 27.3 Å². The van der Waals surface area contributed by atoms with E-state index in [1.807, 2.05) is 17.4 Å². The van der Waals surface area contributed by atoms with Gasteiger partial charge < -0.3 is 5.11 Å². The van der Waals surface area contributed by atoms with E-state index in [9.17, 15) is 5.11 Å². The van der Waals surface area contributed by atoms with E-state index >= 15 is 0 Å². The van der Waals surface area contributed by atoms with Crippen molar-refractivity contribution in [1.29, 1.82) is 0 Å². The minimum Gasteiger partial charge on any atom is -0.494 e. The number of para-hydroxylation sites is 1. The van der Waals surface area contributed by atoms with Crippen molar-refractivity contribution < 1.29 is 5.11 Å². The molecule has 0 atom stereocenters. The summed E-state index contributed by atoms with van der Waals surface area (Å²) in [5.74, 6) is 0.231. The molecule has 0 radical (unpaired) electrons. The molecule has 0 saturated carbocycles. The summed E-state index contributed by atoms with van der Waals surface area (Å²) in [5, 5.41) is 17.0. The van der Waals surface area contributed by atoms with Crippen LogP contribution < -0.4 is 0 Å². The first-order valence-corrected chi connectivity index (χ1v) is 16.4. The zero-order valence-corrected chi connectivity index (χ0v) is 28.1. The molecule has 0 bridgehead atoms. The summed E-state index contributed by atoms with van der Waals surface area (Å²) in [7, 11) is 0. The molecule has 4 aromatic heterocycles. The first kappa shape index (κ1) is 29.2. The van der Waals surface area contributed by atoms with Crippen molar-refractivity contribution in [3.63, 3.8) is 0 Å². The summed E-state index contributed by atoms with van der Waals surface area (Å²) in [4.78, 5) is 10.6. The molecular formula is C43H39N3O. The lowest BCUT2D eigenvalue weighted by Crippen LogP contribution is -2.11. The molecule has 8 rings (SSSR count). The Hall–Kier alpha value is -5.22. The van der Waals surface area contributed by atoms with Gasteiger partial charge in [0.1, 0.15) is 5.65 Å². The molecule has 4 nitrogen and oxygen atoms in total. The maximum Gasteiger partial charge on any atom is 0.201 e. The van der Waals surface area contributed by atoms with Gasteiger partial charge in [-0.05, 0) is 75.0 Å². The zero-order chi connectivity index (χ0) is 32.8. The third kappa shape index (κ3) is 4.66. The summed E-state index contributed by atoms with van der Waals surface area (Å²) in [6.07, 6.45) is 0. The van der Waals surface area contributed by atoms with Crippen molar-refractivity contribution in [2.24, 2.45) is 0 Å². The lowest BCUT2D eigenvalue weighted by molar-refractivity contribution is 0.447. The molecule has 232 valence electrons. The predicted molar refractivity (Wildman–Crippen MR) is 197 cm³/mol. The Bertz CT molecular complexity index is 2470. The number of rotatable bonds is 3. The van der Waals surface area contributed by atoms with Crippen LogP contribution in [0.15, 0.2) is 103 Å². The molecule has 47 heavy (non-hydrogen) atoms. The fourth-order valence-corrected chi connectivity index (χ4v) is 6.97. The van der Waals surface area contributed by atoms with Gasteiger partial charge >= 0.3 is 0 Å². The van der Waals surface area contributed by atoms with Gasteiger partial charge in [-0.15, -0.1) is 0 Å². The van der Waals surface area contributed by atoms with Gasteiger partial charge in [-0.3, -0.25) is 4.40 Å². The summed E-state index contributed by atoms with van der Waals surface area (Å²) < 4.78 is 1.95. The van der Waals surface area contributed by atoms with E-state index < -0.39 is 0 Å². The highest BCUT2D eigenvalue weighted by Gasteiger charge is 2.24. The molecule has 0 amide bonds. The fourth-order valence-electron chi connectivity index (χ4n) is 6.97. The largest absolute Gasteiger partial charge is 0.494 e. The lowest BCUT2D eigenvalue weighted by Gasteiger charge is -2.22. The number of pyridine rings is 3. The number of hydrogen-bond acceptors (Lipinski definition) is 3. The summed E-state index contributed by atoms with van der Waals surface area (Å²) in [6.45, 7) is 15.5. The van der Waals surface area contributed by atoms with Crippen LogP contribution in [0.4, 0.5) is 0 Å². The molecule has 0 aliphatic carbocycles. The Balaban J connectivity index is 1.46. The number of aromatic nitrogens is 3. The van der Waals surface area contributed by atoms with Crippen LogP contribution in [-0.4, -0.2) is 19.5 Å². The van der Waals surface area contributed by atoms with Gasteiger partial charge in [0.2, 0.25) is 5.88 Å². The normalized spacial score (nSPS) is 12.7. The van der Waals surface area contributed by atoms with E-state index in [1.54, 1.807) is 0 Å². The van der Waals surface area contributed by atoms with Crippen LogP contribution in [0, 0.1) is 6.92 Å². The second-order valence-corrected chi connectivity index (χ2v) is 15.0. The Morgan fingerprint density at radius 1 is 0.553 bits per heavy atom. The number of aryl methyl sites for hydroxylation is 1. The molecule has 4 heterocycles. The molecule has 4 aromatic carbocycles. The molecule has 0 spiro atoms. The Kier molecular flexibility index (Phi) is 6.30. The summed E-state index contributed by atoms with van der Waals surface area (Å²) >= 11 is 0. The fraction of sp³-hybridized carbons (Fsp3) is 0.209. The highest BCUT2D eigenvalue weighted by Crippen LogP contribution is 2.43. The van der Waals surface area contributed by atoms with Gasteiger partial charge in [0.25, 0.3) is 0 Å². The number of benzene rings is 4. The zero-order valence-electron chi connectivity index (χ0n) is 28.1. The van der Waals surface area contributed by atoms with Crippen molar-refractivity contribution >= 4 is 38.1 Å². The monoisotopic (exact) mass is 613 g/mol. The van der Waals surface area contributed by atoms with Gasteiger partial charge in [-0.1, -0.05) is 120 Å². The maximum absolute atomic E-state index is 11.6. The molecule has 0 unspecified atom stereocenters. The number of hydrogen-bond donors (Lipinski definition) is 1. The van der Waals surface area contributed by atoms with Gasteiger partial charge in [0.05, 0.1) is 22.6 Å². The van der Waals surface area contributed by atoms with E-state index in [0.717, 1.165) is 77.4 Å². The highest BCUT2D eigenvalue weighted by molar-refractivity contribution is 6.22. The maximum atomic E-state index is 11.6. The Labute approximate surface area is 275 Å². The summed E-state index contributed by atoms with van der Waals surface area (Å²) in [5.41, 5.74) is 10.9. The quantitative estimate of drug-likeness (QED) is 0.159. The van der Waals surface area contributed by atoms with E-state index in [1.165, 1.54) is 11.1 Å². The smallest absolute Gasteiger partial charge is 0.201 e. The van der Waals surface area contributed by atoms with Crippen molar-refractivity contribution in [2.45, 2.75) is 59.3 Å². The molecule has 0 saturated heterocycles. The standard InChI is InChI=1S/C43H39N3O/c1-25-32-14-11-15-33-34-24-31(43(5,6)7)20-29-23-37(45-40(38(29)34)46(39(32)33)41(25)47)36-22-28(26-12-9-8-10-13-26)21-35(44-36)27-16-18-30(19-17-27)42(2,3)4/h8-24,47H,1-7H3. The number of nitrogens with zero attached hydrogens (tertiary/aromatic N) is 3. The molecule has 0 aliphatic heterocycles. The summed E-state index contributed by atoms with van der Waals surface area (Å²) in [6, 6.07) is 36.7. The topological polar surface area (TPSA) is 50.4 Å². The molecule has 8 aromatic rings. The Morgan fingerprint density at radius 3 is 1.91 bits per heavy atom. The molecule has 0 fully saturated rings. The van der Waals surface area contributed by atoms with Crippen molar-refractivity contribution in [2.75, 3.05) is 0 Å².